The van der Waals surface area contributed by atoms with E-state index in [9.17, 15) is 0 Å². The first-order valence-electron chi connectivity index (χ1n) is 5.01. The Balaban J connectivity index is 2.82. The predicted molar refractivity (Wildman–Crippen MR) is 59.9 cm³/mol. The summed E-state index contributed by atoms with van der Waals surface area (Å²) in [5, 5.41) is 2.24. The third-order valence-corrected chi connectivity index (χ3v) is 2.67. The summed E-state index contributed by atoms with van der Waals surface area (Å²) < 4.78 is 0. The third-order valence-electron chi connectivity index (χ3n) is 2.67. The minimum Gasteiger partial charge on any atom is -0.300 e. The van der Waals surface area contributed by atoms with Crippen LogP contribution < -0.4 is 5.43 Å². The van der Waals surface area contributed by atoms with Crippen LogP contribution in [0.3, 0.4) is 0 Å². The van der Waals surface area contributed by atoms with E-state index in [4.69, 9.17) is 0 Å². The van der Waals surface area contributed by atoms with Crippen molar-refractivity contribution in [3.05, 3.63) is 12.2 Å². The van der Waals surface area contributed by atoms with Gasteiger partial charge in [-0.05, 0) is 35.2 Å². The topological polar surface area (TPSA) is 21.8 Å². The number of hydrazine groups is 1. The van der Waals surface area contributed by atoms with Gasteiger partial charge < -0.3 is 4.90 Å². The normalized spacial score (nSPS) is 29.1. The number of likely N-dealkylation sites (N-methyl/N-ethyl adjacent to an activating group) is 2. The number of hydrogen-bond donors (Lipinski definition) is 1. The molecule has 0 aromatic heterocycles. The van der Waals surface area contributed by atoms with Crippen molar-refractivity contribution in [2.45, 2.75) is 12.2 Å². The quantitative estimate of drug-likeness (QED) is 0.635. The Morgan fingerprint density at radius 2 is 1.86 bits per heavy atom. The van der Waals surface area contributed by atoms with Gasteiger partial charge in [0.05, 0.1) is 12.2 Å². The molecular formula is C10H22N4. The van der Waals surface area contributed by atoms with E-state index in [1.165, 1.54) is 0 Å². The second-order valence-corrected chi connectivity index (χ2v) is 4.14. The van der Waals surface area contributed by atoms with Crippen LogP contribution in [0.25, 0.3) is 0 Å². The van der Waals surface area contributed by atoms with Crippen LogP contribution in [-0.4, -0.2) is 68.8 Å². The first kappa shape index (κ1) is 11.7. The SMILES string of the molecule is CNN1CC=C[C@@H](N(C)C)[C@@H]1N(C)C. The third kappa shape index (κ3) is 2.33. The first-order chi connectivity index (χ1) is 6.57. The molecule has 82 valence electrons. The first-order valence-corrected chi connectivity index (χ1v) is 5.01. The largest absolute Gasteiger partial charge is 0.300 e. The molecule has 1 aliphatic rings. The molecule has 14 heavy (non-hydrogen) atoms. The molecule has 0 fully saturated rings. The molecule has 0 bridgehead atoms. The molecule has 4 heteroatoms. The average Bonchev–Trinajstić information content (AvgIpc) is 2.16. The monoisotopic (exact) mass is 198 g/mol. The molecule has 0 radical (unpaired) electrons. The molecule has 4 nitrogen and oxygen atoms in total. The highest BCUT2D eigenvalue weighted by atomic mass is 15.6. The summed E-state index contributed by atoms with van der Waals surface area (Å²) in [7, 11) is 10.4. The van der Waals surface area contributed by atoms with Crippen molar-refractivity contribution in [3.8, 4) is 0 Å². The van der Waals surface area contributed by atoms with Crippen molar-refractivity contribution in [1.82, 2.24) is 20.2 Å². The lowest BCUT2D eigenvalue weighted by atomic mass is 10.1. The summed E-state index contributed by atoms with van der Waals surface area (Å²) in [4.78, 5) is 4.48. The predicted octanol–water partition coefficient (Wildman–Crippen LogP) is -0.189. The van der Waals surface area contributed by atoms with Gasteiger partial charge in [0.2, 0.25) is 0 Å². The Hall–Kier alpha value is -0.420. The van der Waals surface area contributed by atoms with Crippen LogP contribution in [0.1, 0.15) is 0 Å². The van der Waals surface area contributed by atoms with Crippen LogP contribution in [0.2, 0.25) is 0 Å². The van der Waals surface area contributed by atoms with Crippen LogP contribution in [0.4, 0.5) is 0 Å². The molecule has 0 saturated heterocycles. The maximum absolute atomic E-state index is 3.23. The summed E-state index contributed by atoms with van der Waals surface area (Å²) in [6.45, 7) is 0.962. The van der Waals surface area contributed by atoms with Gasteiger partial charge in [0.1, 0.15) is 0 Å². The molecule has 1 heterocycles. The van der Waals surface area contributed by atoms with Crippen molar-refractivity contribution in [2.24, 2.45) is 0 Å². The lowest BCUT2D eigenvalue weighted by Gasteiger charge is -2.43. The number of rotatable bonds is 3. The lowest BCUT2D eigenvalue weighted by Crippen LogP contribution is -2.61. The van der Waals surface area contributed by atoms with E-state index in [2.05, 4.69) is 60.6 Å². The van der Waals surface area contributed by atoms with E-state index in [1.54, 1.807) is 0 Å². The number of nitrogens with one attached hydrogen (secondary N) is 1. The molecule has 1 rings (SSSR count). The molecule has 0 aromatic rings. The van der Waals surface area contributed by atoms with Gasteiger partial charge in [-0.15, -0.1) is 0 Å². The van der Waals surface area contributed by atoms with E-state index < -0.39 is 0 Å². The maximum Gasteiger partial charge on any atom is 0.0949 e. The van der Waals surface area contributed by atoms with Gasteiger partial charge in [0, 0.05) is 6.54 Å². The summed E-state index contributed by atoms with van der Waals surface area (Å²) >= 11 is 0. The molecule has 1 aliphatic heterocycles. The van der Waals surface area contributed by atoms with Gasteiger partial charge in [-0.2, -0.15) is 0 Å². The van der Waals surface area contributed by atoms with Gasteiger partial charge in [0.15, 0.2) is 0 Å². The van der Waals surface area contributed by atoms with Crippen LogP contribution in [-0.2, 0) is 0 Å². The fourth-order valence-electron chi connectivity index (χ4n) is 1.95. The van der Waals surface area contributed by atoms with Crippen LogP contribution in [0.5, 0.6) is 0 Å². The highest BCUT2D eigenvalue weighted by molar-refractivity contribution is 5.05. The average molecular weight is 198 g/mol. The van der Waals surface area contributed by atoms with Crippen LogP contribution in [0, 0.1) is 0 Å². The van der Waals surface area contributed by atoms with E-state index >= 15 is 0 Å². The van der Waals surface area contributed by atoms with Gasteiger partial charge in [-0.25, -0.2) is 5.01 Å². The Bertz CT molecular complexity index is 200. The molecule has 0 aliphatic carbocycles. The van der Waals surface area contributed by atoms with Crippen molar-refractivity contribution in [1.29, 1.82) is 0 Å². The molecular weight excluding hydrogens is 176 g/mol. The summed E-state index contributed by atoms with van der Waals surface area (Å²) in [5.41, 5.74) is 3.23. The Labute approximate surface area is 87.1 Å². The van der Waals surface area contributed by atoms with Gasteiger partial charge in [0.25, 0.3) is 0 Å². The minimum atomic E-state index is 0.389. The van der Waals surface area contributed by atoms with Crippen LogP contribution in [0.15, 0.2) is 12.2 Å². The molecule has 0 saturated carbocycles. The van der Waals surface area contributed by atoms with Gasteiger partial charge in [-0.3, -0.25) is 10.3 Å². The highest BCUT2D eigenvalue weighted by Gasteiger charge is 2.30. The zero-order valence-electron chi connectivity index (χ0n) is 9.86. The number of nitrogens with zero attached hydrogens (tertiary/aromatic N) is 3. The summed E-state index contributed by atoms with van der Waals surface area (Å²) in [5.74, 6) is 0. The molecule has 0 unspecified atom stereocenters. The Morgan fingerprint density at radius 1 is 1.21 bits per heavy atom. The lowest BCUT2D eigenvalue weighted by molar-refractivity contribution is 0.00248. The molecule has 0 spiro atoms. The van der Waals surface area contributed by atoms with Crippen molar-refractivity contribution >= 4 is 0 Å². The minimum absolute atomic E-state index is 0.389. The molecule has 0 amide bonds. The van der Waals surface area contributed by atoms with Gasteiger partial charge in [-0.1, -0.05) is 12.2 Å². The summed E-state index contributed by atoms with van der Waals surface area (Å²) in [6.07, 6.45) is 4.87. The van der Waals surface area contributed by atoms with E-state index in [1.807, 2.05) is 7.05 Å². The molecule has 2 atom stereocenters. The zero-order valence-corrected chi connectivity index (χ0v) is 9.86. The fourth-order valence-corrected chi connectivity index (χ4v) is 1.95. The highest BCUT2D eigenvalue weighted by Crippen LogP contribution is 2.15. The van der Waals surface area contributed by atoms with Crippen molar-refractivity contribution in [3.63, 3.8) is 0 Å². The smallest absolute Gasteiger partial charge is 0.0949 e. The zero-order chi connectivity index (χ0) is 10.7. The molecule has 1 N–H and O–H groups in total. The maximum atomic E-state index is 3.23. The standard InChI is InChI=1S/C10H22N4/c1-11-14-8-6-7-9(12(2)3)10(14)13(4)5/h6-7,9-11H,8H2,1-5H3/t9-,10-/m1/s1. The fraction of sp³-hybridized carbons (Fsp3) is 0.800. The van der Waals surface area contributed by atoms with E-state index in [0.29, 0.717) is 12.2 Å². The second-order valence-electron chi connectivity index (χ2n) is 4.14. The summed E-state index contributed by atoms with van der Waals surface area (Å²) in [6, 6.07) is 0.436. The van der Waals surface area contributed by atoms with E-state index in [-0.39, 0.29) is 0 Å². The Morgan fingerprint density at radius 3 is 2.29 bits per heavy atom. The number of hydrogen-bond acceptors (Lipinski definition) is 4. The Kier molecular flexibility index (Phi) is 4.07. The van der Waals surface area contributed by atoms with Crippen molar-refractivity contribution in [2.75, 3.05) is 41.8 Å². The van der Waals surface area contributed by atoms with Crippen LogP contribution >= 0.6 is 0 Å². The van der Waals surface area contributed by atoms with E-state index in [0.717, 1.165) is 6.54 Å². The van der Waals surface area contributed by atoms with Gasteiger partial charge >= 0.3 is 0 Å². The molecule has 0 aromatic carbocycles. The second kappa shape index (κ2) is 4.89. The van der Waals surface area contributed by atoms with Crippen molar-refractivity contribution < 1.29 is 0 Å².